The molecule has 2 unspecified atom stereocenters. The number of carbonyl (C=O) groups is 6. The summed E-state index contributed by atoms with van der Waals surface area (Å²) in [5, 5.41) is 10.1. The molecule has 3 rings (SSSR count). The molecule has 1 aliphatic carbocycles. The van der Waals surface area contributed by atoms with E-state index in [4.69, 9.17) is 5.73 Å². The number of rotatable bonds is 15. The van der Waals surface area contributed by atoms with Crippen molar-refractivity contribution in [3.8, 4) is 0 Å². The first-order chi connectivity index (χ1) is 21.8. The lowest BCUT2D eigenvalue weighted by Crippen LogP contribution is -2.62. The minimum atomic E-state index is -1.14. The van der Waals surface area contributed by atoms with Gasteiger partial charge in [0.05, 0.1) is 17.0 Å². The Labute approximate surface area is 282 Å². The summed E-state index contributed by atoms with van der Waals surface area (Å²) in [5.41, 5.74) is 3.86. The van der Waals surface area contributed by atoms with Gasteiger partial charge in [-0.15, -0.1) is 24.5 Å². The summed E-state index contributed by atoms with van der Waals surface area (Å²) >= 11 is 1.28. The third kappa shape index (κ3) is 8.97. The number of nitrogens with two attached hydrogens (primary N) is 1. The molecule has 1 aliphatic heterocycles. The smallest absolute Gasteiger partial charge is 0.316 e. The fourth-order valence-electron chi connectivity index (χ4n) is 6.31. The van der Waals surface area contributed by atoms with E-state index < -0.39 is 70.5 Å². The highest BCUT2D eigenvalue weighted by Crippen LogP contribution is 2.45. The first kappa shape index (κ1) is 37.7. The van der Waals surface area contributed by atoms with E-state index in [9.17, 15) is 28.8 Å². The predicted molar refractivity (Wildman–Crippen MR) is 182 cm³/mol. The van der Waals surface area contributed by atoms with Crippen molar-refractivity contribution in [3.63, 3.8) is 0 Å². The lowest BCUT2D eigenvalue weighted by atomic mass is 9.70. The highest BCUT2D eigenvalue weighted by molar-refractivity contribution is 7.12. The number of thiophene rings is 1. The topological polar surface area (TPSA) is 168 Å². The Balaban J connectivity index is 1.97. The number of nitrogens with zero attached hydrogens (tertiary/aromatic N) is 1. The van der Waals surface area contributed by atoms with Gasteiger partial charge in [-0.05, 0) is 40.5 Å². The number of carbonyl (C=O) groups excluding carboxylic acids is 6. The Morgan fingerprint density at radius 2 is 1.68 bits per heavy atom. The highest BCUT2D eigenvalue weighted by atomic mass is 32.1. The molecule has 2 fully saturated rings. The van der Waals surface area contributed by atoms with Crippen molar-refractivity contribution < 1.29 is 28.8 Å². The molecule has 0 bridgehead atoms. The Bertz CT molecular complexity index is 1380. The van der Waals surface area contributed by atoms with Crippen LogP contribution in [-0.2, 0) is 19.2 Å². The maximum Gasteiger partial charge on any atom is 0.316 e. The first-order valence-electron chi connectivity index (χ1n) is 16.2. The summed E-state index contributed by atoms with van der Waals surface area (Å²) in [5.74, 6) is -4.21. The van der Waals surface area contributed by atoms with Crippen molar-refractivity contribution in [1.82, 2.24) is 20.9 Å². The quantitative estimate of drug-likeness (QED) is 0.126. The molecule has 2 aliphatic rings. The zero-order valence-corrected chi connectivity index (χ0v) is 29.4. The second-order valence-electron chi connectivity index (χ2n) is 14.8. The third-order valence-electron chi connectivity index (χ3n) is 9.31. The van der Waals surface area contributed by atoms with Crippen LogP contribution in [0.25, 0.3) is 0 Å². The average molecular weight is 670 g/mol. The fraction of sp³-hybridized carbons (Fsp3) is 0.600. The number of primary amides is 1. The van der Waals surface area contributed by atoms with Gasteiger partial charge in [-0.3, -0.25) is 24.0 Å². The largest absolute Gasteiger partial charge is 0.363 e. The van der Waals surface area contributed by atoms with Crippen LogP contribution in [0, 0.1) is 34.5 Å². The SMILES string of the molecule is C=CC1CN(C(=O)[C@@H](NC(=O)N[C@H](C(=O)c2cccs2)C(C)C)C(C)(C)C)[C@H](C(=O)NC(CC2CC2)C(=O)C(N)=O)[C@H]1C(C)(C)C=C. The standard InChI is InChI=1S/C35H51N5O6S/c1-10-21-18-40(26(24(21)35(8,9)11-2)31(44)37-22(17-20-14-15-20)27(41)30(36)43)32(45)29(34(5,6)7)39-33(46)38-25(19(3)4)28(42)23-13-12-16-47-23/h10-13,16,19-22,24-26,29H,1-2,14-15,17-18H2,3-9H3,(H2,36,43)(H,37,44)(H2,38,39,46)/t21?,22?,24-,25-,26-,29+/m0/s1. The van der Waals surface area contributed by atoms with Crippen LogP contribution in [0.2, 0.25) is 0 Å². The molecule has 1 aromatic rings. The summed E-state index contributed by atoms with van der Waals surface area (Å²) in [6, 6.07) is -1.36. The van der Waals surface area contributed by atoms with Gasteiger partial charge in [0.25, 0.3) is 5.91 Å². The molecule has 12 heteroatoms. The Morgan fingerprint density at radius 3 is 2.15 bits per heavy atom. The van der Waals surface area contributed by atoms with Crippen LogP contribution in [0.5, 0.6) is 0 Å². The number of Topliss-reactive ketones (excluding diaryl/α,β-unsaturated/α-hetero) is 2. The molecular weight excluding hydrogens is 618 g/mol. The number of likely N-dealkylation sites (tertiary alicyclic amines) is 1. The van der Waals surface area contributed by atoms with Crippen molar-refractivity contribution in [2.75, 3.05) is 6.54 Å². The van der Waals surface area contributed by atoms with Gasteiger partial charge in [0.1, 0.15) is 12.1 Å². The van der Waals surface area contributed by atoms with Gasteiger partial charge in [0.2, 0.25) is 17.6 Å². The van der Waals surface area contributed by atoms with Gasteiger partial charge in [0, 0.05) is 18.4 Å². The monoisotopic (exact) mass is 669 g/mol. The minimum absolute atomic E-state index is 0.126. The number of urea groups is 1. The van der Waals surface area contributed by atoms with Crippen LogP contribution in [0.15, 0.2) is 42.8 Å². The Hall–Kier alpha value is -3.80. The van der Waals surface area contributed by atoms with Gasteiger partial charge in [-0.1, -0.05) is 79.5 Å². The van der Waals surface area contributed by atoms with Crippen molar-refractivity contribution in [3.05, 3.63) is 47.7 Å². The molecule has 1 saturated carbocycles. The van der Waals surface area contributed by atoms with E-state index in [1.165, 1.54) is 16.2 Å². The molecule has 0 radical (unpaired) electrons. The van der Waals surface area contributed by atoms with Gasteiger partial charge in [0.15, 0.2) is 5.78 Å². The molecule has 5 amide bonds. The summed E-state index contributed by atoms with van der Waals surface area (Å²) in [6.45, 7) is 21.0. The zero-order valence-electron chi connectivity index (χ0n) is 28.6. The van der Waals surface area contributed by atoms with Crippen molar-refractivity contribution in [2.24, 2.45) is 40.2 Å². The van der Waals surface area contributed by atoms with Crippen molar-refractivity contribution in [2.45, 2.75) is 91.9 Å². The van der Waals surface area contributed by atoms with Gasteiger partial charge >= 0.3 is 6.03 Å². The predicted octanol–water partition coefficient (Wildman–Crippen LogP) is 3.85. The van der Waals surface area contributed by atoms with Crippen LogP contribution >= 0.6 is 11.3 Å². The Kier molecular flexibility index (Phi) is 12.0. The average Bonchev–Trinajstić information content (AvgIpc) is 3.47. The van der Waals surface area contributed by atoms with E-state index in [1.807, 2.05) is 27.7 Å². The van der Waals surface area contributed by atoms with Crippen LogP contribution in [0.4, 0.5) is 4.79 Å². The summed E-state index contributed by atoms with van der Waals surface area (Å²) in [7, 11) is 0. The Morgan fingerprint density at radius 1 is 1.04 bits per heavy atom. The molecule has 1 saturated heterocycles. The molecule has 47 heavy (non-hydrogen) atoms. The van der Waals surface area contributed by atoms with Crippen LogP contribution in [0.3, 0.4) is 0 Å². The van der Waals surface area contributed by atoms with Crippen LogP contribution < -0.4 is 21.7 Å². The molecule has 11 nitrogen and oxygen atoms in total. The molecule has 5 N–H and O–H groups in total. The minimum Gasteiger partial charge on any atom is -0.363 e. The van der Waals surface area contributed by atoms with Crippen molar-refractivity contribution in [1.29, 1.82) is 0 Å². The molecule has 2 heterocycles. The second-order valence-corrected chi connectivity index (χ2v) is 15.8. The maximum absolute atomic E-state index is 14.6. The van der Waals surface area contributed by atoms with E-state index in [0.29, 0.717) is 4.88 Å². The summed E-state index contributed by atoms with van der Waals surface area (Å²) in [6.07, 6.45) is 5.48. The fourth-order valence-corrected chi connectivity index (χ4v) is 7.02. The summed E-state index contributed by atoms with van der Waals surface area (Å²) in [4.78, 5) is 82.0. The zero-order chi connectivity index (χ0) is 35.4. The van der Waals surface area contributed by atoms with E-state index in [0.717, 1.165) is 12.8 Å². The number of amides is 5. The number of hydrogen-bond acceptors (Lipinski definition) is 7. The summed E-state index contributed by atoms with van der Waals surface area (Å²) < 4.78 is 0. The van der Waals surface area contributed by atoms with Crippen LogP contribution in [-0.4, -0.2) is 70.9 Å². The molecule has 0 spiro atoms. The maximum atomic E-state index is 14.6. The molecule has 0 aromatic carbocycles. The molecular formula is C35H51N5O6S. The van der Waals surface area contributed by atoms with E-state index in [-0.39, 0.29) is 36.5 Å². The number of allylic oxidation sites excluding steroid dienone is 1. The van der Waals surface area contributed by atoms with E-state index >= 15 is 0 Å². The lowest BCUT2D eigenvalue weighted by Gasteiger charge is -2.39. The highest BCUT2D eigenvalue weighted by Gasteiger charge is 2.54. The third-order valence-corrected chi connectivity index (χ3v) is 10.2. The molecule has 6 atom stereocenters. The van der Waals surface area contributed by atoms with E-state index in [2.05, 4.69) is 29.1 Å². The number of nitrogens with one attached hydrogen (secondary N) is 3. The number of hydrogen-bond donors (Lipinski definition) is 4. The van der Waals surface area contributed by atoms with Gasteiger partial charge < -0.3 is 26.6 Å². The second kappa shape index (κ2) is 15.0. The normalized spacial score (nSPS) is 21.7. The van der Waals surface area contributed by atoms with E-state index in [1.54, 1.807) is 50.4 Å². The van der Waals surface area contributed by atoms with Gasteiger partial charge in [-0.2, -0.15) is 0 Å². The number of ketones is 2. The van der Waals surface area contributed by atoms with Crippen LogP contribution in [0.1, 0.15) is 77.4 Å². The van der Waals surface area contributed by atoms with Gasteiger partial charge in [-0.25, -0.2) is 4.79 Å². The lowest BCUT2D eigenvalue weighted by molar-refractivity contribution is -0.144. The first-order valence-corrected chi connectivity index (χ1v) is 17.1. The van der Waals surface area contributed by atoms with Crippen molar-refractivity contribution >= 4 is 46.7 Å². The molecule has 1 aromatic heterocycles. The molecule has 258 valence electrons.